The van der Waals surface area contributed by atoms with Gasteiger partial charge in [-0.2, -0.15) is 0 Å². The van der Waals surface area contributed by atoms with Crippen molar-refractivity contribution in [3.63, 3.8) is 0 Å². The van der Waals surface area contributed by atoms with Crippen molar-refractivity contribution in [3.05, 3.63) is 187 Å². The maximum atomic E-state index is 6.52. The van der Waals surface area contributed by atoms with Crippen molar-refractivity contribution in [2.24, 2.45) is 0 Å². The lowest BCUT2D eigenvalue weighted by Crippen LogP contribution is -2.23. The summed E-state index contributed by atoms with van der Waals surface area (Å²) < 4.78 is 6.52. The van der Waals surface area contributed by atoms with Crippen LogP contribution in [0.2, 0.25) is 0 Å². The second-order valence-electron chi connectivity index (χ2n) is 12.5. The van der Waals surface area contributed by atoms with Crippen LogP contribution < -0.4 is 4.90 Å². The number of nitrogens with zero attached hydrogens (tertiary/aromatic N) is 3. The molecule has 7 aromatic carbocycles. The quantitative estimate of drug-likeness (QED) is 0.171. The lowest BCUT2D eigenvalue weighted by molar-refractivity contribution is 0.412. The number of anilines is 3. The van der Waals surface area contributed by atoms with E-state index in [9.17, 15) is 0 Å². The van der Waals surface area contributed by atoms with Crippen LogP contribution in [-0.2, 0) is 0 Å². The third-order valence-corrected chi connectivity index (χ3v) is 9.54. The van der Waals surface area contributed by atoms with Crippen LogP contribution in [-0.4, -0.2) is 16.9 Å². The number of rotatable bonds is 6. The van der Waals surface area contributed by atoms with Crippen molar-refractivity contribution in [1.82, 2.24) is 9.88 Å². The molecule has 1 unspecified atom stereocenters. The molecular formula is C45H33N3O. The molecule has 0 N–H and O–H groups in total. The minimum absolute atomic E-state index is 0.189. The Labute approximate surface area is 285 Å². The van der Waals surface area contributed by atoms with Gasteiger partial charge in [0.25, 0.3) is 0 Å². The molecule has 1 aliphatic heterocycles. The number of hydrogen-bond acceptors (Lipinski definition) is 4. The zero-order valence-corrected chi connectivity index (χ0v) is 27.1. The van der Waals surface area contributed by atoms with Gasteiger partial charge in [0.15, 0.2) is 5.58 Å². The smallest absolute Gasteiger partial charge is 0.227 e. The zero-order valence-electron chi connectivity index (χ0n) is 27.1. The number of hydrogen-bond donors (Lipinski definition) is 0. The molecular weight excluding hydrogens is 599 g/mol. The molecule has 4 nitrogen and oxygen atoms in total. The number of fused-ring (bicyclic) bond motifs is 5. The van der Waals surface area contributed by atoms with Crippen molar-refractivity contribution >= 4 is 55.4 Å². The molecule has 0 saturated carbocycles. The van der Waals surface area contributed by atoms with Crippen molar-refractivity contribution < 1.29 is 4.42 Å². The summed E-state index contributed by atoms with van der Waals surface area (Å²) in [5, 5.41) is 4.47. The average Bonchev–Trinajstić information content (AvgIpc) is 3.61. The summed E-state index contributed by atoms with van der Waals surface area (Å²) in [6, 6.07) is 55.7. The summed E-state index contributed by atoms with van der Waals surface area (Å²) in [5.74, 6) is 0.631. The van der Waals surface area contributed by atoms with Crippen LogP contribution in [0.15, 0.2) is 180 Å². The molecule has 1 aliphatic rings. The second-order valence-corrected chi connectivity index (χ2v) is 12.5. The molecule has 49 heavy (non-hydrogen) atoms. The highest BCUT2D eigenvalue weighted by Gasteiger charge is 2.21. The molecule has 0 spiro atoms. The predicted molar refractivity (Wildman–Crippen MR) is 203 cm³/mol. The van der Waals surface area contributed by atoms with Crippen LogP contribution in [0.25, 0.3) is 49.8 Å². The van der Waals surface area contributed by atoms with Crippen molar-refractivity contribution in [1.29, 1.82) is 0 Å². The lowest BCUT2D eigenvalue weighted by Gasteiger charge is -2.33. The molecule has 0 bridgehead atoms. The maximum Gasteiger partial charge on any atom is 0.227 e. The van der Waals surface area contributed by atoms with E-state index >= 15 is 0 Å². The van der Waals surface area contributed by atoms with Crippen LogP contribution in [0, 0.1) is 0 Å². The molecule has 9 rings (SSSR count). The Hall–Kier alpha value is -6.39. The van der Waals surface area contributed by atoms with Gasteiger partial charge in [-0.05, 0) is 88.0 Å². The predicted octanol–water partition coefficient (Wildman–Crippen LogP) is 11.9. The molecule has 234 valence electrons. The van der Waals surface area contributed by atoms with Gasteiger partial charge >= 0.3 is 0 Å². The molecule has 1 atom stereocenters. The molecule has 0 saturated heterocycles. The maximum absolute atomic E-state index is 6.52. The van der Waals surface area contributed by atoms with E-state index in [1.807, 2.05) is 30.3 Å². The van der Waals surface area contributed by atoms with E-state index in [0.29, 0.717) is 5.89 Å². The van der Waals surface area contributed by atoms with E-state index in [1.165, 1.54) is 16.8 Å². The van der Waals surface area contributed by atoms with E-state index < -0.39 is 0 Å². The highest BCUT2D eigenvalue weighted by molar-refractivity contribution is 6.18. The molecule has 0 fully saturated rings. The summed E-state index contributed by atoms with van der Waals surface area (Å²) in [5.41, 5.74) is 9.52. The van der Waals surface area contributed by atoms with Crippen molar-refractivity contribution in [3.8, 4) is 11.5 Å². The first-order valence-corrected chi connectivity index (χ1v) is 16.6. The summed E-state index contributed by atoms with van der Waals surface area (Å²) in [6.45, 7) is 0. The van der Waals surface area contributed by atoms with Crippen LogP contribution >= 0.6 is 0 Å². The van der Waals surface area contributed by atoms with Gasteiger partial charge in [-0.3, -0.25) is 0 Å². The van der Waals surface area contributed by atoms with E-state index in [1.54, 1.807) is 0 Å². The van der Waals surface area contributed by atoms with Crippen LogP contribution in [0.3, 0.4) is 0 Å². The number of benzene rings is 7. The van der Waals surface area contributed by atoms with Crippen molar-refractivity contribution in [2.75, 3.05) is 11.9 Å². The number of aromatic nitrogens is 1. The van der Waals surface area contributed by atoms with Crippen LogP contribution in [0.1, 0.15) is 17.2 Å². The molecule has 0 aliphatic carbocycles. The number of allylic oxidation sites excluding steroid dienone is 2. The Morgan fingerprint density at radius 2 is 1.24 bits per heavy atom. The van der Waals surface area contributed by atoms with E-state index in [2.05, 4.69) is 162 Å². The van der Waals surface area contributed by atoms with Gasteiger partial charge in [0.1, 0.15) is 5.52 Å². The third kappa shape index (κ3) is 5.15. The highest BCUT2D eigenvalue weighted by Crippen LogP contribution is 2.41. The summed E-state index contributed by atoms with van der Waals surface area (Å²) in [6.07, 6.45) is 6.62. The van der Waals surface area contributed by atoms with E-state index in [0.717, 1.165) is 55.3 Å². The minimum Gasteiger partial charge on any atom is -0.435 e. The highest BCUT2D eigenvalue weighted by atomic mass is 16.3. The third-order valence-electron chi connectivity index (χ3n) is 9.54. The van der Waals surface area contributed by atoms with Crippen molar-refractivity contribution in [2.45, 2.75) is 6.04 Å². The van der Waals surface area contributed by atoms with Gasteiger partial charge in [-0.15, -0.1) is 0 Å². The summed E-state index contributed by atoms with van der Waals surface area (Å²) in [7, 11) is 2.17. The van der Waals surface area contributed by atoms with Gasteiger partial charge in [0.05, 0.1) is 6.04 Å². The fourth-order valence-corrected chi connectivity index (χ4v) is 7.09. The van der Waals surface area contributed by atoms with Gasteiger partial charge in [-0.25, -0.2) is 4.98 Å². The van der Waals surface area contributed by atoms with E-state index in [4.69, 9.17) is 9.40 Å². The monoisotopic (exact) mass is 631 g/mol. The molecule has 4 heteroatoms. The molecule has 2 heterocycles. The lowest BCUT2D eigenvalue weighted by atomic mass is 9.98. The topological polar surface area (TPSA) is 32.5 Å². The van der Waals surface area contributed by atoms with Gasteiger partial charge in [0, 0.05) is 40.8 Å². The summed E-state index contributed by atoms with van der Waals surface area (Å²) >= 11 is 0. The standard InChI is InChI=1S/C45H33N3O/c1-47-41(32-12-5-2-6-13-32)18-11-19-42(47)33-23-26-37(27-24-33)48(36-16-9-4-10-17-36)38-28-22-31-20-21-34-25-29-40-44(43(34)39(31)30-38)49-45(46-40)35-14-7-3-8-15-35/h2-30,41H,1H3. The molecule has 1 aromatic heterocycles. The number of para-hydroxylation sites is 1. The first kappa shape index (κ1) is 28.8. The van der Waals surface area contributed by atoms with E-state index in [-0.39, 0.29) is 6.04 Å². The fraction of sp³-hybridized carbons (Fsp3) is 0.0444. The normalized spacial score (nSPS) is 14.4. The zero-order chi connectivity index (χ0) is 32.7. The van der Waals surface area contributed by atoms with Gasteiger partial charge in [-0.1, -0.05) is 115 Å². The Kier molecular flexibility index (Phi) is 7.06. The van der Waals surface area contributed by atoms with Gasteiger partial charge < -0.3 is 14.2 Å². The van der Waals surface area contributed by atoms with Crippen LogP contribution in [0.5, 0.6) is 0 Å². The minimum atomic E-state index is 0.189. The Morgan fingerprint density at radius 1 is 0.612 bits per heavy atom. The molecule has 0 amide bonds. The Morgan fingerprint density at radius 3 is 2.02 bits per heavy atom. The van der Waals surface area contributed by atoms with Gasteiger partial charge in [0.2, 0.25) is 5.89 Å². The van der Waals surface area contributed by atoms with Crippen LogP contribution in [0.4, 0.5) is 17.1 Å². The molecule has 8 aromatic rings. The second kappa shape index (κ2) is 12.0. The first-order valence-electron chi connectivity index (χ1n) is 16.6. The first-order chi connectivity index (χ1) is 24.2. The largest absolute Gasteiger partial charge is 0.435 e. The Bertz CT molecular complexity index is 2500. The Balaban J connectivity index is 1.14. The molecule has 0 radical (unpaired) electrons. The SMILES string of the molecule is CN1C(c2ccc(N(c3ccccc3)c3ccc4ccc5ccc6nc(-c7ccccc7)oc6c5c4c3)cc2)=CC=CC1c1ccccc1. The summed E-state index contributed by atoms with van der Waals surface area (Å²) in [4.78, 5) is 9.55. The average molecular weight is 632 g/mol. The number of likely N-dealkylation sites (N-methyl/N-ethyl adjacent to an activating group) is 1. The fourth-order valence-electron chi connectivity index (χ4n) is 7.09. The number of oxazole rings is 1.